The van der Waals surface area contributed by atoms with Gasteiger partial charge in [0.05, 0.1) is 12.4 Å². The van der Waals surface area contributed by atoms with Crippen molar-refractivity contribution in [2.24, 2.45) is 0 Å². The fourth-order valence-electron chi connectivity index (χ4n) is 1.01. The lowest BCUT2D eigenvalue weighted by Gasteiger charge is -2.14. The van der Waals surface area contributed by atoms with Crippen LogP contribution in [-0.4, -0.2) is 32.7 Å². The maximum atomic E-state index is 12.0. The molecule has 92 valence electrons. The molecular weight excluding hydrogens is 264 g/mol. The molecule has 0 atom stereocenters. The maximum absolute atomic E-state index is 12.0. The van der Waals surface area contributed by atoms with Crippen molar-refractivity contribution in [3.63, 3.8) is 0 Å². The first-order chi connectivity index (χ1) is 7.37. The molecule has 0 radical (unpaired) electrons. The zero-order valence-corrected chi connectivity index (χ0v) is 9.93. The van der Waals surface area contributed by atoms with E-state index in [1.165, 1.54) is 12.1 Å². The van der Waals surface area contributed by atoms with Gasteiger partial charge in [0.1, 0.15) is 5.76 Å². The molecule has 1 rings (SSSR count). The average molecular weight is 274 g/mol. The number of hydrogen-bond acceptors (Lipinski definition) is 3. The fraction of sp³-hybridized carbons (Fsp3) is 0.500. The van der Waals surface area contributed by atoms with Crippen LogP contribution in [0.25, 0.3) is 0 Å². The van der Waals surface area contributed by atoms with Gasteiger partial charge in [-0.2, -0.15) is 4.31 Å². The van der Waals surface area contributed by atoms with Crippen molar-refractivity contribution in [3.05, 3.63) is 17.9 Å². The number of halogens is 3. The van der Waals surface area contributed by atoms with Crippen molar-refractivity contribution in [1.82, 2.24) is 4.31 Å². The normalized spacial score (nSPS) is 12.6. The van der Waals surface area contributed by atoms with Crippen molar-refractivity contribution < 1.29 is 21.6 Å². The number of sulfonamides is 1. The molecule has 16 heavy (non-hydrogen) atoms. The van der Waals surface area contributed by atoms with Crippen LogP contribution in [0.15, 0.2) is 21.6 Å². The Balaban J connectivity index is 2.92. The highest BCUT2D eigenvalue weighted by molar-refractivity contribution is 7.89. The second kappa shape index (κ2) is 5.11. The summed E-state index contributed by atoms with van der Waals surface area (Å²) in [5, 5.41) is -0.383. The van der Waals surface area contributed by atoms with Gasteiger partial charge in [-0.3, -0.25) is 0 Å². The molecule has 0 N–H and O–H groups in total. The summed E-state index contributed by atoms with van der Waals surface area (Å²) in [6, 6.07) is 2.57. The number of nitrogens with zero attached hydrogens (tertiary/aromatic N) is 1. The predicted octanol–water partition coefficient (Wildman–Crippen LogP) is 1.90. The van der Waals surface area contributed by atoms with E-state index in [2.05, 4.69) is 0 Å². The van der Waals surface area contributed by atoms with Crippen LogP contribution in [0, 0.1) is 0 Å². The molecule has 0 aliphatic heterocycles. The third kappa shape index (κ3) is 2.93. The molecule has 0 aliphatic carbocycles. The molecule has 0 spiro atoms. The number of rotatable bonds is 5. The Kier molecular flexibility index (Phi) is 4.28. The van der Waals surface area contributed by atoms with E-state index < -0.39 is 23.0 Å². The number of hydrogen-bond donors (Lipinski definition) is 0. The molecule has 1 aromatic heterocycles. The molecule has 0 aromatic carbocycles. The largest absolute Gasteiger partial charge is 0.447 e. The van der Waals surface area contributed by atoms with Crippen molar-refractivity contribution in [2.45, 2.75) is 17.4 Å². The molecule has 4 nitrogen and oxygen atoms in total. The van der Waals surface area contributed by atoms with Crippen LogP contribution in [0.4, 0.5) is 8.78 Å². The number of alkyl halides is 3. The van der Waals surface area contributed by atoms with Gasteiger partial charge in [0.2, 0.25) is 5.09 Å². The smallest absolute Gasteiger partial charge is 0.276 e. The molecule has 0 saturated carbocycles. The van der Waals surface area contributed by atoms with E-state index in [1.807, 2.05) is 0 Å². The molecule has 0 fully saturated rings. The van der Waals surface area contributed by atoms with Crippen molar-refractivity contribution in [1.29, 1.82) is 0 Å². The Hall–Kier alpha value is -0.660. The Bertz CT molecular complexity index is 446. The average Bonchev–Trinajstić information content (AvgIpc) is 2.65. The summed E-state index contributed by atoms with van der Waals surface area (Å²) in [5.74, 6) is 0.291. The van der Waals surface area contributed by atoms with E-state index in [0.717, 1.165) is 7.05 Å². The van der Waals surface area contributed by atoms with Crippen LogP contribution in [0.1, 0.15) is 5.76 Å². The standard InChI is InChI=1S/C8H10ClF2NO3S/c1-12(5-7(10)11)16(13,14)8-3-2-6(4-9)15-8/h2-3,7H,4-5H2,1H3. The zero-order valence-electron chi connectivity index (χ0n) is 8.36. The molecular formula is C8H10ClF2NO3S. The Morgan fingerprint density at radius 3 is 2.56 bits per heavy atom. The zero-order chi connectivity index (χ0) is 12.3. The lowest BCUT2D eigenvalue weighted by molar-refractivity contribution is 0.126. The van der Waals surface area contributed by atoms with E-state index in [-0.39, 0.29) is 16.7 Å². The first-order valence-electron chi connectivity index (χ1n) is 4.27. The third-order valence-corrected chi connectivity index (χ3v) is 3.79. The van der Waals surface area contributed by atoms with E-state index in [4.69, 9.17) is 16.0 Å². The Morgan fingerprint density at radius 2 is 2.12 bits per heavy atom. The first kappa shape index (κ1) is 13.4. The van der Waals surface area contributed by atoms with Gasteiger partial charge < -0.3 is 4.42 Å². The van der Waals surface area contributed by atoms with Gasteiger partial charge in [-0.15, -0.1) is 11.6 Å². The second-order valence-corrected chi connectivity index (χ2v) is 5.27. The fourth-order valence-corrected chi connectivity index (χ4v) is 2.23. The Morgan fingerprint density at radius 1 is 1.50 bits per heavy atom. The summed E-state index contributed by atoms with van der Waals surface area (Å²) in [6.07, 6.45) is -2.73. The lowest BCUT2D eigenvalue weighted by atomic mass is 10.5. The van der Waals surface area contributed by atoms with Crippen molar-refractivity contribution in [2.75, 3.05) is 13.6 Å². The summed E-state index contributed by atoms with van der Waals surface area (Å²) in [4.78, 5) is 0. The highest BCUT2D eigenvalue weighted by Crippen LogP contribution is 2.19. The first-order valence-corrected chi connectivity index (χ1v) is 6.24. The monoisotopic (exact) mass is 273 g/mol. The molecule has 8 heteroatoms. The minimum Gasteiger partial charge on any atom is -0.447 e. The van der Waals surface area contributed by atoms with Gasteiger partial charge >= 0.3 is 0 Å². The van der Waals surface area contributed by atoms with Gasteiger partial charge in [0.25, 0.3) is 16.4 Å². The highest BCUT2D eigenvalue weighted by Gasteiger charge is 2.26. The van der Waals surface area contributed by atoms with Crippen molar-refractivity contribution >= 4 is 21.6 Å². The van der Waals surface area contributed by atoms with Gasteiger partial charge in [0, 0.05) is 7.05 Å². The second-order valence-electron chi connectivity index (χ2n) is 3.03. The minimum atomic E-state index is -4.00. The Labute approximate surface area is 96.8 Å². The highest BCUT2D eigenvalue weighted by atomic mass is 35.5. The van der Waals surface area contributed by atoms with E-state index in [1.54, 1.807) is 0 Å². The summed E-state index contributed by atoms with van der Waals surface area (Å²) in [7, 11) is -2.94. The van der Waals surface area contributed by atoms with Gasteiger partial charge in [0.15, 0.2) is 0 Å². The predicted molar refractivity (Wildman–Crippen MR) is 54.1 cm³/mol. The molecule has 0 bridgehead atoms. The summed E-state index contributed by atoms with van der Waals surface area (Å²) in [6.45, 7) is -0.876. The molecule has 0 amide bonds. The summed E-state index contributed by atoms with van der Waals surface area (Å²) < 4.78 is 52.8. The van der Waals surface area contributed by atoms with Crippen LogP contribution in [0.2, 0.25) is 0 Å². The molecule has 1 heterocycles. The summed E-state index contributed by atoms with van der Waals surface area (Å²) >= 11 is 5.43. The van der Waals surface area contributed by atoms with E-state index >= 15 is 0 Å². The van der Waals surface area contributed by atoms with Gasteiger partial charge in [-0.1, -0.05) is 0 Å². The van der Waals surface area contributed by atoms with Crippen molar-refractivity contribution in [3.8, 4) is 0 Å². The molecule has 1 aromatic rings. The topological polar surface area (TPSA) is 50.5 Å². The van der Waals surface area contributed by atoms with Gasteiger partial charge in [-0.25, -0.2) is 17.2 Å². The van der Waals surface area contributed by atoms with E-state index in [0.29, 0.717) is 4.31 Å². The van der Waals surface area contributed by atoms with Crippen LogP contribution < -0.4 is 0 Å². The SMILES string of the molecule is CN(CC(F)F)S(=O)(=O)c1ccc(CCl)o1. The molecule has 0 unspecified atom stereocenters. The summed E-state index contributed by atoms with van der Waals surface area (Å²) in [5.41, 5.74) is 0. The van der Waals surface area contributed by atoms with Crippen LogP contribution in [0.3, 0.4) is 0 Å². The minimum absolute atomic E-state index is 0.0219. The molecule has 0 saturated heterocycles. The maximum Gasteiger partial charge on any atom is 0.276 e. The lowest BCUT2D eigenvalue weighted by Crippen LogP contribution is -2.31. The molecule has 0 aliphatic rings. The van der Waals surface area contributed by atoms with Crippen LogP contribution >= 0.6 is 11.6 Å². The van der Waals surface area contributed by atoms with E-state index in [9.17, 15) is 17.2 Å². The third-order valence-electron chi connectivity index (χ3n) is 1.83. The van der Waals surface area contributed by atoms with Gasteiger partial charge in [-0.05, 0) is 12.1 Å². The number of furan rings is 1. The quantitative estimate of drug-likeness (QED) is 0.770. The van der Waals surface area contributed by atoms with Crippen LogP contribution in [-0.2, 0) is 15.9 Å². The van der Waals surface area contributed by atoms with Crippen LogP contribution in [0.5, 0.6) is 0 Å².